The Kier molecular flexibility index (Phi) is 5.60. The molecule has 0 aromatic heterocycles. The van der Waals surface area contributed by atoms with Crippen LogP contribution in [0.15, 0.2) is 35.9 Å². The molecular weight excluding hydrogens is 468 g/mol. The van der Waals surface area contributed by atoms with E-state index in [1.807, 2.05) is 0 Å². The van der Waals surface area contributed by atoms with Crippen LogP contribution in [0, 0.1) is 0 Å². The quantitative estimate of drug-likeness (QED) is 0.368. The summed E-state index contributed by atoms with van der Waals surface area (Å²) < 4.78 is 27.4. The molecule has 1 atom stereocenters. The minimum Gasteiger partial charge on any atom is -0.507 e. The van der Waals surface area contributed by atoms with E-state index in [4.69, 9.17) is 23.7 Å². The molecule has 1 unspecified atom stereocenters. The lowest BCUT2D eigenvalue weighted by Crippen LogP contribution is -2.37. The SMILES string of the molecule is COc1cc(C2C(=C(O)c3ccc4c(c3)OCO4)C(=O)C(=O)N2CCN2CCCC2)cc2c1OCO2. The molecule has 0 bridgehead atoms. The molecule has 0 spiro atoms. The summed E-state index contributed by atoms with van der Waals surface area (Å²) in [4.78, 5) is 30.5. The maximum atomic E-state index is 13.4. The van der Waals surface area contributed by atoms with Gasteiger partial charge in [0.05, 0.1) is 18.7 Å². The van der Waals surface area contributed by atoms with E-state index in [9.17, 15) is 14.7 Å². The average Bonchev–Trinajstić information content (AvgIpc) is 3.69. The Bertz CT molecular complexity index is 1270. The number of ether oxygens (including phenoxy) is 5. The van der Waals surface area contributed by atoms with E-state index in [-0.39, 0.29) is 24.9 Å². The predicted molar refractivity (Wildman–Crippen MR) is 126 cm³/mol. The first-order valence-corrected chi connectivity index (χ1v) is 11.9. The van der Waals surface area contributed by atoms with Crippen molar-refractivity contribution < 1.29 is 38.4 Å². The van der Waals surface area contributed by atoms with Crippen LogP contribution in [0.2, 0.25) is 0 Å². The fraction of sp³-hybridized carbons (Fsp3) is 0.385. The molecule has 2 aromatic rings. The second-order valence-corrected chi connectivity index (χ2v) is 9.07. The van der Waals surface area contributed by atoms with Gasteiger partial charge in [-0.05, 0) is 61.8 Å². The molecule has 10 heteroatoms. The van der Waals surface area contributed by atoms with Gasteiger partial charge in [-0.25, -0.2) is 0 Å². The Labute approximate surface area is 207 Å². The highest BCUT2D eigenvalue weighted by atomic mass is 16.7. The number of carbonyl (C=O) groups excluding carboxylic acids is 2. The molecular formula is C26H26N2O8. The molecule has 4 heterocycles. The molecule has 36 heavy (non-hydrogen) atoms. The lowest BCUT2D eigenvalue weighted by molar-refractivity contribution is -0.140. The monoisotopic (exact) mass is 494 g/mol. The molecule has 2 aromatic carbocycles. The topological polar surface area (TPSA) is 107 Å². The lowest BCUT2D eigenvalue weighted by Gasteiger charge is -2.27. The van der Waals surface area contributed by atoms with Gasteiger partial charge in [0.15, 0.2) is 23.0 Å². The number of hydrogen-bond acceptors (Lipinski definition) is 9. The number of aliphatic hydroxyl groups excluding tert-OH is 1. The summed E-state index contributed by atoms with van der Waals surface area (Å²) in [6, 6.07) is 7.53. The van der Waals surface area contributed by atoms with Gasteiger partial charge in [0, 0.05) is 18.7 Å². The number of Topliss-reactive ketones (excluding diaryl/α,β-unsaturated/α-hetero) is 1. The third kappa shape index (κ3) is 3.69. The van der Waals surface area contributed by atoms with E-state index in [1.54, 1.807) is 30.3 Å². The van der Waals surface area contributed by atoms with Crippen LogP contribution in [-0.4, -0.2) is 73.5 Å². The Morgan fingerprint density at radius 3 is 2.53 bits per heavy atom. The summed E-state index contributed by atoms with van der Waals surface area (Å²) >= 11 is 0. The van der Waals surface area contributed by atoms with Crippen molar-refractivity contribution in [1.82, 2.24) is 9.80 Å². The first-order valence-electron chi connectivity index (χ1n) is 11.9. The number of carbonyl (C=O) groups is 2. The number of aliphatic hydroxyl groups is 1. The standard InChI is InChI=1S/C26H26N2O8/c1-32-19-11-16(12-20-25(19)36-14-35-20)22-21(23(29)15-4-5-17-18(10-15)34-13-33-17)24(30)26(31)28(22)9-8-27-6-2-3-7-27/h4-5,10-12,22,29H,2-3,6-9,13-14H2,1H3. The number of rotatable bonds is 6. The highest BCUT2D eigenvalue weighted by Crippen LogP contribution is 2.47. The number of amides is 1. The Morgan fingerprint density at radius 1 is 0.972 bits per heavy atom. The number of nitrogens with zero attached hydrogens (tertiary/aromatic N) is 2. The molecule has 2 saturated heterocycles. The van der Waals surface area contributed by atoms with E-state index in [1.165, 1.54) is 12.0 Å². The Balaban J connectivity index is 1.45. The van der Waals surface area contributed by atoms with Gasteiger partial charge in [-0.2, -0.15) is 0 Å². The average molecular weight is 495 g/mol. The molecule has 10 nitrogen and oxygen atoms in total. The van der Waals surface area contributed by atoms with Crippen molar-refractivity contribution in [3.8, 4) is 28.7 Å². The minimum absolute atomic E-state index is 0.00112. The fourth-order valence-corrected chi connectivity index (χ4v) is 5.22. The van der Waals surface area contributed by atoms with Gasteiger partial charge in [0.25, 0.3) is 11.7 Å². The molecule has 0 saturated carbocycles. The molecule has 188 valence electrons. The summed E-state index contributed by atoms with van der Waals surface area (Å²) in [7, 11) is 1.51. The third-order valence-corrected chi connectivity index (χ3v) is 7.04. The summed E-state index contributed by atoms with van der Waals surface area (Å²) in [6.45, 7) is 3.02. The molecule has 0 radical (unpaired) electrons. The van der Waals surface area contributed by atoms with Crippen LogP contribution < -0.4 is 23.7 Å². The fourth-order valence-electron chi connectivity index (χ4n) is 5.22. The van der Waals surface area contributed by atoms with Crippen molar-refractivity contribution >= 4 is 17.4 Å². The van der Waals surface area contributed by atoms with Crippen LogP contribution >= 0.6 is 0 Å². The molecule has 1 N–H and O–H groups in total. The summed E-state index contributed by atoms with van der Waals surface area (Å²) in [5.41, 5.74) is 0.940. The van der Waals surface area contributed by atoms with Gasteiger partial charge in [-0.3, -0.25) is 9.59 Å². The zero-order valence-corrected chi connectivity index (χ0v) is 19.8. The van der Waals surface area contributed by atoms with Crippen LogP contribution in [0.3, 0.4) is 0 Å². The maximum absolute atomic E-state index is 13.4. The van der Waals surface area contributed by atoms with Gasteiger partial charge in [-0.15, -0.1) is 0 Å². The number of ketones is 1. The van der Waals surface area contributed by atoms with E-state index < -0.39 is 17.7 Å². The first kappa shape index (κ1) is 22.5. The first-order chi connectivity index (χ1) is 17.5. The minimum atomic E-state index is -0.832. The summed E-state index contributed by atoms with van der Waals surface area (Å²) in [5.74, 6) is 0.679. The van der Waals surface area contributed by atoms with Crippen molar-refractivity contribution in [3.05, 3.63) is 47.0 Å². The Hall–Kier alpha value is -3.92. The molecule has 1 amide bonds. The van der Waals surface area contributed by atoms with Crippen molar-refractivity contribution in [1.29, 1.82) is 0 Å². The zero-order chi connectivity index (χ0) is 24.8. The maximum Gasteiger partial charge on any atom is 0.295 e. The van der Waals surface area contributed by atoms with Crippen LogP contribution in [0.1, 0.15) is 30.0 Å². The van der Waals surface area contributed by atoms with Crippen molar-refractivity contribution in [3.63, 3.8) is 0 Å². The van der Waals surface area contributed by atoms with E-state index in [0.717, 1.165) is 25.9 Å². The molecule has 6 rings (SSSR count). The smallest absolute Gasteiger partial charge is 0.295 e. The van der Waals surface area contributed by atoms with Crippen LogP contribution in [0.5, 0.6) is 28.7 Å². The molecule has 4 aliphatic rings. The number of fused-ring (bicyclic) bond motifs is 2. The highest BCUT2D eigenvalue weighted by molar-refractivity contribution is 6.46. The number of hydrogen-bond donors (Lipinski definition) is 1. The summed E-state index contributed by atoms with van der Waals surface area (Å²) in [5, 5.41) is 11.4. The predicted octanol–water partition coefficient (Wildman–Crippen LogP) is 2.67. The van der Waals surface area contributed by atoms with Gasteiger partial charge >= 0.3 is 0 Å². The van der Waals surface area contributed by atoms with Crippen LogP contribution in [-0.2, 0) is 9.59 Å². The van der Waals surface area contributed by atoms with Crippen LogP contribution in [0.25, 0.3) is 5.76 Å². The Morgan fingerprint density at radius 2 is 1.72 bits per heavy atom. The second-order valence-electron chi connectivity index (χ2n) is 9.07. The van der Waals surface area contributed by atoms with Gasteiger partial charge in [-0.1, -0.05) is 0 Å². The van der Waals surface area contributed by atoms with Crippen molar-refractivity contribution in [2.24, 2.45) is 0 Å². The molecule has 0 aliphatic carbocycles. The van der Waals surface area contributed by atoms with Gasteiger partial charge in [0.2, 0.25) is 19.3 Å². The third-order valence-electron chi connectivity index (χ3n) is 7.04. The number of benzene rings is 2. The van der Waals surface area contributed by atoms with E-state index in [0.29, 0.717) is 53.0 Å². The zero-order valence-electron chi connectivity index (χ0n) is 19.8. The lowest BCUT2D eigenvalue weighted by atomic mass is 9.94. The second kappa shape index (κ2) is 8.94. The largest absolute Gasteiger partial charge is 0.507 e. The summed E-state index contributed by atoms with van der Waals surface area (Å²) in [6.07, 6.45) is 2.23. The number of likely N-dealkylation sites (tertiary alicyclic amines) is 2. The van der Waals surface area contributed by atoms with E-state index >= 15 is 0 Å². The highest BCUT2D eigenvalue weighted by Gasteiger charge is 2.47. The normalized spacial score (nSPS) is 22.0. The number of methoxy groups -OCH3 is 1. The van der Waals surface area contributed by atoms with Crippen molar-refractivity contribution in [2.75, 3.05) is 46.9 Å². The van der Waals surface area contributed by atoms with Crippen LogP contribution in [0.4, 0.5) is 0 Å². The van der Waals surface area contributed by atoms with Crippen molar-refractivity contribution in [2.45, 2.75) is 18.9 Å². The molecule has 4 aliphatic heterocycles. The van der Waals surface area contributed by atoms with Gasteiger partial charge in [0.1, 0.15) is 5.76 Å². The molecule has 2 fully saturated rings. The van der Waals surface area contributed by atoms with E-state index in [2.05, 4.69) is 4.90 Å². The van der Waals surface area contributed by atoms with Gasteiger partial charge < -0.3 is 38.6 Å².